The number of fused-ring (bicyclic) bond motifs is 1. The van der Waals surface area contributed by atoms with Gasteiger partial charge in [0, 0.05) is 45.9 Å². The molecule has 284 valence electrons. The number of anilines is 1. The second-order valence-electron chi connectivity index (χ2n) is 15.1. The van der Waals surface area contributed by atoms with Crippen molar-refractivity contribution in [2.45, 2.75) is 82.4 Å². The van der Waals surface area contributed by atoms with Gasteiger partial charge in [0.25, 0.3) is 11.8 Å². The number of carbonyl (C=O) groups excluding carboxylic acids is 3. The first-order valence-corrected chi connectivity index (χ1v) is 19.5. The van der Waals surface area contributed by atoms with Crippen molar-refractivity contribution >= 4 is 55.9 Å². The quantitative estimate of drug-likeness (QED) is 0.217. The predicted molar refractivity (Wildman–Crippen MR) is 202 cm³/mol. The zero-order valence-corrected chi connectivity index (χ0v) is 32.3. The molecule has 3 aromatic rings. The lowest BCUT2D eigenvalue weighted by Crippen LogP contribution is -2.64. The summed E-state index contributed by atoms with van der Waals surface area (Å²) in [5.41, 5.74) is -2.07. The second kappa shape index (κ2) is 14.3. The van der Waals surface area contributed by atoms with Gasteiger partial charge in [-0.3, -0.25) is 14.3 Å². The van der Waals surface area contributed by atoms with Crippen molar-refractivity contribution in [2.24, 2.45) is 11.3 Å². The normalized spacial score (nSPS) is 23.2. The van der Waals surface area contributed by atoms with Crippen LogP contribution in [0.25, 0.3) is 10.8 Å². The number of likely N-dealkylation sites (tertiary alicyclic amines) is 1. The van der Waals surface area contributed by atoms with Gasteiger partial charge in [0.15, 0.2) is 0 Å². The third-order valence-electron chi connectivity index (χ3n) is 10.2. The number of hydrogen-bond acceptors (Lipinski definition) is 10. The minimum absolute atomic E-state index is 0.0146. The van der Waals surface area contributed by atoms with E-state index >= 15 is 4.79 Å². The number of rotatable bonds is 12. The fraction of sp³-hybridized carbons (Fsp3) is 0.474. The molecule has 13 nitrogen and oxygen atoms in total. The summed E-state index contributed by atoms with van der Waals surface area (Å²) in [5.74, 6) is -0.923. The Kier molecular flexibility index (Phi) is 10.3. The standard InChI is InChI=1S/C38H46ClN5O8S/c1-8-23-19-38(23,35(46)42-53(48,49)28-13-14-28)44(34(45)32(37(3,4)5)41-25-10-9-11-26(18-25)50-6)36(47)43-21-27(16-22(43)2)52-33-30-17-24(39)12-15-29(30)31(51-7)20-40-33/h8-12,15,17-18,20,22-23,27-28,32,41H,1,13-14,16,19,21H2,2-7H3,(H,42,46)/t22?,23-,27-,32-,38-/m1/s1. The van der Waals surface area contributed by atoms with Crippen LogP contribution in [0.5, 0.6) is 17.4 Å². The highest BCUT2D eigenvalue weighted by atomic mass is 35.5. The van der Waals surface area contributed by atoms with Crippen LogP contribution in [0.15, 0.2) is 61.3 Å². The van der Waals surface area contributed by atoms with Crippen molar-refractivity contribution in [3.8, 4) is 17.4 Å². The molecule has 2 heterocycles. The maximum absolute atomic E-state index is 15.1. The van der Waals surface area contributed by atoms with Gasteiger partial charge in [-0.25, -0.2) is 23.1 Å². The molecule has 2 aliphatic carbocycles. The Hall–Kier alpha value is -4.56. The van der Waals surface area contributed by atoms with E-state index in [1.165, 1.54) is 18.1 Å². The van der Waals surface area contributed by atoms with E-state index in [0.717, 1.165) is 10.3 Å². The van der Waals surface area contributed by atoms with Crippen molar-refractivity contribution in [2.75, 3.05) is 26.1 Å². The molecule has 2 N–H and O–H groups in total. The van der Waals surface area contributed by atoms with Crippen LogP contribution in [-0.2, 0) is 19.6 Å². The van der Waals surface area contributed by atoms with Crippen LogP contribution in [0.1, 0.15) is 53.4 Å². The minimum atomic E-state index is -4.02. The first-order chi connectivity index (χ1) is 25.0. The molecule has 1 saturated heterocycles. The topological polar surface area (TPSA) is 156 Å². The number of aromatic nitrogens is 1. The zero-order valence-electron chi connectivity index (χ0n) is 30.7. The smallest absolute Gasteiger partial charge is 0.328 e. The van der Waals surface area contributed by atoms with E-state index in [2.05, 4.69) is 21.6 Å². The Bertz CT molecular complexity index is 2050. The third kappa shape index (κ3) is 7.48. The number of ether oxygens (including phenoxy) is 3. The van der Waals surface area contributed by atoms with Crippen molar-refractivity contribution < 1.29 is 37.0 Å². The molecule has 3 fully saturated rings. The van der Waals surface area contributed by atoms with Crippen LogP contribution in [0.2, 0.25) is 5.02 Å². The monoisotopic (exact) mass is 767 g/mol. The summed E-state index contributed by atoms with van der Waals surface area (Å²) >= 11 is 6.33. The number of halogens is 1. The Labute approximate surface area is 315 Å². The van der Waals surface area contributed by atoms with E-state index in [-0.39, 0.29) is 13.0 Å². The fourth-order valence-electron chi connectivity index (χ4n) is 7.01. The molecule has 2 saturated carbocycles. The Morgan fingerprint density at radius 2 is 1.85 bits per heavy atom. The van der Waals surface area contributed by atoms with Crippen LogP contribution in [0.4, 0.5) is 10.5 Å². The zero-order chi connectivity index (χ0) is 38.5. The molecule has 4 amide bonds. The Balaban J connectivity index is 1.37. The molecule has 6 rings (SSSR count). The van der Waals surface area contributed by atoms with Crippen LogP contribution in [-0.4, -0.2) is 90.8 Å². The molecule has 53 heavy (non-hydrogen) atoms. The molecule has 1 aliphatic heterocycles. The van der Waals surface area contributed by atoms with Gasteiger partial charge in [-0.05, 0) is 61.9 Å². The largest absolute Gasteiger partial charge is 0.497 e. The van der Waals surface area contributed by atoms with Crippen LogP contribution in [0.3, 0.4) is 0 Å². The van der Waals surface area contributed by atoms with E-state index in [0.29, 0.717) is 52.7 Å². The number of hydrogen-bond donors (Lipinski definition) is 2. The fourth-order valence-corrected chi connectivity index (χ4v) is 8.54. The number of imide groups is 1. The number of sulfonamides is 1. The Morgan fingerprint density at radius 1 is 1.11 bits per heavy atom. The number of urea groups is 1. The lowest BCUT2D eigenvalue weighted by molar-refractivity contribution is -0.141. The number of pyridine rings is 1. The summed E-state index contributed by atoms with van der Waals surface area (Å²) in [6.45, 7) is 11.3. The number of nitrogens with zero attached hydrogens (tertiary/aromatic N) is 3. The van der Waals surface area contributed by atoms with E-state index in [9.17, 15) is 18.0 Å². The average Bonchev–Trinajstić information content (AvgIpc) is 4.04. The van der Waals surface area contributed by atoms with Crippen molar-refractivity contribution in [1.29, 1.82) is 0 Å². The summed E-state index contributed by atoms with van der Waals surface area (Å²) < 4.78 is 45.7. The van der Waals surface area contributed by atoms with Gasteiger partial charge in [-0.2, -0.15) is 0 Å². The molecule has 5 atom stereocenters. The third-order valence-corrected chi connectivity index (χ3v) is 12.3. The molecule has 1 unspecified atom stereocenters. The highest BCUT2D eigenvalue weighted by Gasteiger charge is 2.68. The number of methoxy groups -OCH3 is 2. The van der Waals surface area contributed by atoms with Crippen molar-refractivity contribution in [3.05, 3.63) is 66.3 Å². The highest BCUT2D eigenvalue weighted by molar-refractivity contribution is 7.91. The number of nitrogens with one attached hydrogen (secondary N) is 2. The number of carbonyl (C=O) groups is 3. The molecule has 0 radical (unpaired) electrons. The SMILES string of the molecule is C=C[C@@H]1C[C@@]1(C(=O)NS(=O)(=O)C1CC1)N(C(=O)[C@@H](Nc1cccc(OC)c1)C(C)(C)C)C(=O)N1C[C@H](Oc2ncc(OC)c3ccc(Cl)cc23)CC1C. The number of benzene rings is 2. The highest BCUT2D eigenvalue weighted by Crippen LogP contribution is 2.52. The molecule has 0 spiro atoms. The summed E-state index contributed by atoms with van der Waals surface area (Å²) in [6.07, 6.45) is 3.75. The van der Waals surface area contributed by atoms with Crippen LogP contribution in [0, 0.1) is 11.3 Å². The lowest BCUT2D eigenvalue weighted by atomic mass is 9.85. The van der Waals surface area contributed by atoms with Crippen LogP contribution >= 0.6 is 11.6 Å². The van der Waals surface area contributed by atoms with E-state index < -0.39 is 68.2 Å². The van der Waals surface area contributed by atoms with Gasteiger partial charge >= 0.3 is 6.03 Å². The summed E-state index contributed by atoms with van der Waals surface area (Å²) in [6, 6.07) is 10.1. The molecule has 2 aromatic carbocycles. The van der Waals surface area contributed by atoms with Crippen molar-refractivity contribution in [1.82, 2.24) is 19.5 Å². The minimum Gasteiger partial charge on any atom is -0.497 e. The van der Waals surface area contributed by atoms with E-state index in [4.69, 9.17) is 25.8 Å². The second-order valence-corrected chi connectivity index (χ2v) is 17.5. The first kappa shape index (κ1) is 38.2. The summed E-state index contributed by atoms with van der Waals surface area (Å²) in [4.78, 5) is 51.3. The van der Waals surface area contributed by atoms with Crippen LogP contribution < -0.4 is 24.2 Å². The summed E-state index contributed by atoms with van der Waals surface area (Å²) in [7, 11) is -0.947. The molecular formula is C38H46ClN5O8S. The van der Waals surface area contributed by atoms with Gasteiger partial charge in [0.2, 0.25) is 15.9 Å². The van der Waals surface area contributed by atoms with Gasteiger partial charge in [-0.1, -0.05) is 44.5 Å². The van der Waals surface area contributed by atoms with Crippen molar-refractivity contribution in [3.63, 3.8) is 0 Å². The molecular weight excluding hydrogens is 722 g/mol. The Morgan fingerprint density at radius 3 is 2.47 bits per heavy atom. The van der Waals surface area contributed by atoms with Gasteiger partial charge in [-0.15, -0.1) is 6.58 Å². The lowest BCUT2D eigenvalue weighted by Gasteiger charge is -2.40. The summed E-state index contributed by atoms with van der Waals surface area (Å²) in [5, 5.41) is 4.43. The van der Waals surface area contributed by atoms with E-state index in [1.807, 2.05) is 33.8 Å². The molecule has 15 heteroatoms. The maximum Gasteiger partial charge on any atom is 0.328 e. The molecule has 0 bridgehead atoms. The molecule has 1 aromatic heterocycles. The van der Waals surface area contributed by atoms with Gasteiger partial charge < -0.3 is 24.4 Å². The van der Waals surface area contributed by atoms with E-state index in [1.54, 1.807) is 49.7 Å². The number of amides is 4. The predicted octanol–water partition coefficient (Wildman–Crippen LogP) is 5.78. The van der Waals surface area contributed by atoms with Gasteiger partial charge in [0.1, 0.15) is 29.2 Å². The maximum atomic E-state index is 15.1. The average molecular weight is 768 g/mol. The molecule has 3 aliphatic rings. The van der Waals surface area contributed by atoms with Gasteiger partial charge in [0.05, 0.1) is 32.2 Å². The first-order valence-electron chi connectivity index (χ1n) is 17.6.